The number of rotatable bonds is 6. The largest absolute Gasteiger partial charge is 0.506 e. The fourth-order valence-electron chi connectivity index (χ4n) is 2.48. The Balaban J connectivity index is 1.68. The molecule has 3 rings (SSSR count). The molecule has 0 unspecified atom stereocenters. The van der Waals surface area contributed by atoms with E-state index in [0.29, 0.717) is 0 Å². The summed E-state index contributed by atoms with van der Waals surface area (Å²) in [6.07, 6.45) is 1.58. The number of phenols is 1. The number of aryl methyl sites for hydroxylation is 2. The van der Waals surface area contributed by atoms with Crippen molar-refractivity contribution in [3.63, 3.8) is 0 Å². The van der Waals surface area contributed by atoms with Gasteiger partial charge < -0.3 is 15.2 Å². The topological polar surface area (TPSA) is 120 Å². The van der Waals surface area contributed by atoms with Gasteiger partial charge in [-0.2, -0.15) is 5.10 Å². The van der Waals surface area contributed by atoms with Gasteiger partial charge in [-0.15, -0.1) is 0 Å². The van der Waals surface area contributed by atoms with Crippen LogP contribution in [0.5, 0.6) is 11.5 Å². The Labute approximate surface area is 160 Å². The highest BCUT2D eigenvalue weighted by Gasteiger charge is 2.15. The van der Waals surface area contributed by atoms with Crippen molar-refractivity contribution in [2.75, 3.05) is 5.32 Å². The maximum atomic E-state index is 12.3. The normalized spacial score (nSPS) is 10.5. The van der Waals surface area contributed by atoms with Crippen LogP contribution in [-0.2, 0) is 6.73 Å². The first kappa shape index (κ1) is 18.9. The second kappa shape index (κ2) is 7.78. The molecule has 0 aliphatic rings. The molecule has 0 radical (unpaired) electrons. The van der Waals surface area contributed by atoms with E-state index in [1.54, 1.807) is 6.20 Å². The van der Waals surface area contributed by atoms with Crippen molar-refractivity contribution >= 4 is 17.3 Å². The molecule has 9 nitrogen and oxygen atoms in total. The molecule has 0 fully saturated rings. The summed E-state index contributed by atoms with van der Waals surface area (Å²) in [5, 5.41) is 27.2. The van der Waals surface area contributed by atoms with Crippen LogP contribution in [0.2, 0.25) is 0 Å². The number of nitrogens with one attached hydrogen (secondary N) is 1. The van der Waals surface area contributed by atoms with E-state index in [1.165, 1.54) is 10.7 Å². The lowest BCUT2D eigenvalue weighted by molar-refractivity contribution is -0.384. The van der Waals surface area contributed by atoms with Crippen LogP contribution in [0.25, 0.3) is 0 Å². The van der Waals surface area contributed by atoms with Gasteiger partial charge in [0.1, 0.15) is 11.5 Å². The monoisotopic (exact) mass is 382 g/mol. The summed E-state index contributed by atoms with van der Waals surface area (Å²) in [5.74, 6) is -0.166. The number of phenolic OH excluding ortho intramolecular Hbond substituents is 1. The first-order valence-electron chi connectivity index (χ1n) is 8.36. The first-order chi connectivity index (χ1) is 13.3. The molecule has 2 N–H and O–H groups in total. The zero-order valence-corrected chi connectivity index (χ0v) is 15.2. The fourth-order valence-corrected chi connectivity index (χ4v) is 2.48. The number of carbonyl (C=O) groups excluding carboxylic acids is 1. The molecule has 2 aromatic carbocycles. The van der Waals surface area contributed by atoms with Crippen LogP contribution in [0.4, 0.5) is 11.4 Å². The van der Waals surface area contributed by atoms with Gasteiger partial charge in [-0.05, 0) is 43.2 Å². The van der Waals surface area contributed by atoms with Crippen LogP contribution < -0.4 is 10.1 Å². The van der Waals surface area contributed by atoms with Crippen LogP contribution in [0.15, 0.2) is 48.7 Å². The third kappa shape index (κ3) is 4.26. The second-order valence-corrected chi connectivity index (χ2v) is 6.20. The number of aromatic hydroxyl groups is 1. The smallest absolute Gasteiger partial charge is 0.276 e. The Bertz CT molecular complexity index is 1040. The fraction of sp³-hybridized carbons (Fsp3) is 0.158. The predicted octanol–water partition coefficient (Wildman–Crippen LogP) is 3.40. The standard InChI is InChI=1S/C19H18N4O5/c1-12-3-4-13(2)18(9-12)28-11-22-8-7-15(21-22)19(25)20-16-10-14(23(26)27)5-6-17(16)24/h3-10,24H,11H2,1-2H3,(H,20,25). The molecule has 0 spiro atoms. The van der Waals surface area contributed by atoms with Crippen molar-refractivity contribution in [1.29, 1.82) is 0 Å². The number of hydrogen-bond acceptors (Lipinski definition) is 6. The summed E-state index contributed by atoms with van der Waals surface area (Å²) >= 11 is 0. The maximum Gasteiger partial charge on any atom is 0.276 e. The summed E-state index contributed by atoms with van der Waals surface area (Å²) in [7, 11) is 0. The van der Waals surface area contributed by atoms with E-state index in [2.05, 4.69) is 10.4 Å². The highest BCUT2D eigenvalue weighted by Crippen LogP contribution is 2.28. The lowest BCUT2D eigenvalue weighted by Crippen LogP contribution is -2.14. The maximum absolute atomic E-state index is 12.3. The van der Waals surface area contributed by atoms with Crippen LogP contribution in [0.3, 0.4) is 0 Å². The van der Waals surface area contributed by atoms with Crippen LogP contribution in [-0.4, -0.2) is 25.7 Å². The van der Waals surface area contributed by atoms with E-state index < -0.39 is 10.8 Å². The predicted molar refractivity (Wildman–Crippen MR) is 101 cm³/mol. The number of nitro benzene ring substituents is 1. The highest BCUT2D eigenvalue weighted by atomic mass is 16.6. The van der Waals surface area contributed by atoms with Crippen LogP contribution >= 0.6 is 0 Å². The average Bonchev–Trinajstić information content (AvgIpc) is 3.13. The number of hydrogen-bond donors (Lipinski definition) is 2. The minimum Gasteiger partial charge on any atom is -0.506 e. The molecule has 3 aromatic rings. The van der Waals surface area contributed by atoms with E-state index in [1.807, 2.05) is 32.0 Å². The molecule has 144 valence electrons. The molecule has 1 aromatic heterocycles. The SMILES string of the molecule is Cc1ccc(C)c(OCn2ccc(C(=O)Nc3cc([N+](=O)[O-])ccc3O)n2)c1. The van der Waals surface area contributed by atoms with Crippen molar-refractivity contribution in [3.8, 4) is 11.5 Å². The summed E-state index contributed by atoms with van der Waals surface area (Å²) in [5.41, 5.74) is 1.81. The Morgan fingerprint density at radius 2 is 2.04 bits per heavy atom. The van der Waals surface area contributed by atoms with Gasteiger partial charge in [0.2, 0.25) is 0 Å². The number of ether oxygens (including phenoxy) is 1. The molecular formula is C19H18N4O5. The third-order valence-corrected chi connectivity index (χ3v) is 4.01. The average molecular weight is 382 g/mol. The van der Waals surface area contributed by atoms with Gasteiger partial charge in [0.05, 0.1) is 10.6 Å². The molecule has 0 aliphatic heterocycles. The van der Waals surface area contributed by atoms with Crippen LogP contribution in [0, 0.1) is 24.0 Å². The van der Waals surface area contributed by atoms with Gasteiger partial charge >= 0.3 is 0 Å². The van der Waals surface area contributed by atoms with Crippen molar-refractivity contribution in [3.05, 3.63) is 75.6 Å². The van der Waals surface area contributed by atoms with Gasteiger partial charge in [-0.1, -0.05) is 12.1 Å². The van der Waals surface area contributed by atoms with Crippen LogP contribution in [0.1, 0.15) is 21.6 Å². The van der Waals surface area contributed by atoms with E-state index in [4.69, 9.17) is 4.74 Å². The molecule has 0 saturated carbocycles. The quantitative estimate of drug-likeness (QED) is 0.383. The minimum atomic E-state index is -0.617. The number of carbonyl (C=O) groups is 1. The number of benzene rings is 2. The highest BCUT2D eigenvalue weighted by molar-refractivity contribution is 6.03. The Morgan fingerprint density at radius 3 is 2.79 bits per heavy atom. The minimum absolute atomic E-state index is 0.0691. The first-order valence-corrected chi connectivity index (χ1v) is 8.36. The molecule has 0 atom stereocenters. The summed E-state index contributed by atoms with van der Waals surface area (Å²) in [4.78, 5) is 22.5. The lowest BCUT2D eigenvalue weighted by atomic mass is 10.1. The lowest BCUT2D eigenvalue weighted by Gasteiger charge is -2.10. The van der Waals surface area contributed by atoms with Crippen molar-refractivity contribution < 1.29 is 19.6 Å². The molecule has 0 saturated heterocycles. The van der Waals surface area contributed by atoms with Gasteiger partial charge in [0.15, 0.2) is 12.4 Å². The molecular weight excluding hydrogens is 364 g/mol. The molecule has 1 heterocycles. The molecule has 1 amide bonds. The number of non-ortho nitro benzene ring substituents is 1. The zero-order chi connectivity index (χ0) is 20.3. The second-order valence-electron chi connectivity index (χ2n) is 6.20. The number of nitro groups is 1. The molecule has 28 heavy (non-hydrogen) atoms. The third-order valence-electron chi connectivity index (χ3n) is 4.01. The van der Waals surface area contributed by atoms with Gasteiger partial charge in [-0.3, -0.25) is 14.9 Å². The molecule has 0 bridgehead atoms. The van der Waals surface area contributed by atoms with E-state index in [9.17, 15) is 20.0 Å². The van der Waals surface area contributed by atoms with Crippen molar-refractivity contribution in [1.82, 2.24) is 9.78 Å². The van der Waals surface area contributed by atoms with Gasteiger partial charge in [-0.25, -0.2) is 4.68 Å². The summed E-state index contributed by atoms with van der Waals surface area (Å²) in [6, 6.07) is 10.7. The summed E-state index contributed by atoms with van der Waals surface area (Å²) in [6.45, 7) is 4.01. The van der Waals surface area contributed by atoms with E-state index in [-0.39, 0.29) is 29.5 Å². The van der Waals surface area contributed by atoms with Gasteiger partial charge in [0.25, 0.3) is 11.6 Å². The van der Waals surface area contributed by atoms with Crippen molar-refractivity contribution in [2.24, 2.45) is 0 Å². The molecule has 0 aliphatic carbocycles. The Morgan fingerprint density at radius 1 is 1.25 bits per heavy atom. The number of nitrogens with zero attached hydrogens (tertiary/aromatic N) is 3. The number of aromatic nitrogens is 2. The van der Waals surface area contributed by atoms with E-state index >= 15 is 0 Å². The van der Waals surface area contributed by atoms with Crippen molar-refractivity contribution in [2.45, 2.75) is 20.6 Å². The van der Waals surface area contributed by atoms with E-state index in [0.717, 1.165) is 35.1 Å². The van der Waals surface area contributed by atoms with Gasteiger partial charge in [0, 0.05) is 18.3 Å². The number of amides is 1. The summed E-state index contributed by atoms with van der Waals surface area (Å²) < 4.78 is 7.18. The molecule has 9 heteroatoms. The Hall–Kier alpha value is -3.88. The Kier molecular flexibility index (Phi) is 5.25. The zero-order valence-electron chi connectivity index (χ0n) is 15.2. The number of anilines is 1.